The van der Waals surface area contributed by atoms with Gasteiger partial charge in [-0.3, -0.25) is 14.9 Å². The summed E-state index contributed by atoms with van der Waals surface area (Å²) in [5.74, 6) is 0.192. The molecule has 0 unspecified atom stereocenters. The number of nitrogens with zero attached hydrogens (tertiary/aromatic N) is 2. The Morgan fingerprint density at radius 1 is 1.17 bits per heavy atom. The van der Waals surface area contributed by atoms with E-state index in [1.165, 1.54) is 17.8 Å². The molecular weight excluding hydrogens is 390 g/mol. The van der Waals surface area contributed by atoms with Gasteiger partial charge in [0.25, 0.3) is 5.91 Å². The highest BCUT2D eigenvalue weighted by atomic mass is 32.1. The predicted molar refractivity (Wildman–Crippen MR) is 116 cm³/mol. The maximum Gasteiger partial charge on any atom is 0.324 e. The number of hydrogen-bond acceptors (Lipinski definition) is 6. The highest BCUT2D eigenvalue weighted by molar-refractivity contribution is 7.16. The van der Waals surface area contributed by atoms with Gasteiger partial charge in [-0.1, -0.05) is 58.1 Å². The molecule has 0 aliphatic heterocycles. The molecule has 156 valence electrons. The number of rotatable bonds is 8. The molecule has 1 N–H and O–H groups in total. The highest BCUT2D eigenvalue weighted by Crippen LogP contribution is 2.36. The molecule has 0 saturated heterocycles. The first kappa shape index (κ1) is 22.5. The van der Waals surface area contributed by atoms with E-state index in [0.717, 1.165) is 17.8 Å². The van der Waals surface area contributed by atoms with Gasteiger partial charge in [-0.2, -0.15) is 5.10 Å². The van der Waals surface area contributed by atoms with Gasteiger partial charge in [0.15, 0.2) is 6.61 Å². The lowest BCUT2D eigenvalue weighted by atomic mass is 9.72. The molecule has 8 heteroatoms. The van der Waals surface area contributed by atoms with Gasteiger partial charge in [0.1, 0.15) is 5.75 Å². The zero-order valence-electron chi connectivity index (χ0n) is 17.4. The van der Waals surface area contributed by atoms with E-state index in [4.69, 9.17) is 4.74 Å². The van der Waals surface area contributed by atoms with Crippen LogP contribution in [0.2, 0.25) is 0 Å². The van der Waals surface area contributed by atoms with E-state index in [2.05, 4.69) is 45.1 Å². The minimum Gasteiger partial charge on any atom is -0.484 e. The largest absolute Gasteiger partial charge is 0.484 e. The number of nitro groups is 1. The molecule has 0 aliphatic rings. The Balaban J connectivity index is 1.84. The summed E-state index contributed by atoms with van der Waals surface area (Å²) in [6.07, 6.45) is 2.41. The number of hydrogen-bond donors (Lipinski definition) is 1. The van der Waals surface area contributed by atoms with Gasteiger partial charge in [0.05, 0.1) is 16.0 Å². The van der Waals surface area contributed by atoms with Gasteiger partial charge in [-0.15, -0.1) is 0 Å². The summed E-state index contributed by atoms with van der Waals surface area (Å²) >= 11 is 0.978. The van der Waals surface area contributed by atoms with Crippen LogP contribution in [0.15, 0.2) is 41.5 Å². The first-order valence-electron chi connectivity index (χ1n) is 9.26. The highest BCUT2D eigenvalue weighted by Gasteiger charge is 2.27. The van der Waals surface area contributed by atoms with E-state index in [-0.39, 0.29) is 22.4 Å². The number of hydrazone groups is 1. The lowest BCUT2D eigenvalue weighted by molar-refractivity contribution is -0.380. The SMILES string of the molecule is CC(C)(C)CC(C)(C)c1ccc(OCC(=O)NN=Cc2ccc([N+](=O)[O-])s2)cc1. The van der Waals surface area contributed by atoms with Crippen LogP contribution >= 0.6 is 11.3 Å². The second-order valence-corrected chi connectivity index (χ2v) is 9.75. The first-order chi connectivity index (χ1) is 13.5. The van der Waals surface area contributed by atoms with Crippen molar-refractivity contribution in [1.29, 1.82) is 0 Å². The number of carbonyl (C=O) groups is 1. The molecule has 2 rings (SSSR count). The number of carbonyl (C=O) groups excluding carboxylic acids is 1. The minimum absolute atomic E-state index is 0.0234. The Morgan fingerprint density at radius 2 is 1.83 bits per heavy atom. The molecule has 2 aromatic rings. The van der Waals surface area contributed by atoms with Crippen molar-refractivity contribution in [2.75, 3.05) is 6.61 Å². The zero-order valence-corrected chi connectivity index (χ0v) is 18.2. The summed E-state index contributed by atoms with van der Waals surface area (Å²) in [4.78, 5) is 22.6. The van der Waals surface area contributed by atoms with Gasteiger partial charge in [-0.05, 0) is 41.0 Å². The molecule has 1 aromatic heterocycles. The number of ether oxygens (including phenoxy) is 1. The van der Waals surface area contributed by atoms with Crippen molar-refractivity contribution in [3.05, 3.63) is 57.0 Å². The van der Waals surface area contributed by atoms with Gasteiger partial charge in [0.2, 0.25) is 0 Å². The second-order valence-electron chi connectivity index (χ2n) is 8.66. The summed E-state index contributed by atoms with van der Waals surface area (Å²) in [5, 5.41) is 14.5. The summed E-state index contributed by atoms with van der Waals surface area (Å²) in [5.41, 5.74) is 3.83. The Morgan fingerprint density at radius 3 is 2.38 bits per heavy atom. The van der Waals surface area contributed by atoms with Crippen LogP contribution in [0.25, 0.3) is 0 Å². The predicted octanol–water partition coefficient (Wildman–Crippen LogP) is 4.90. The molecule has 1 amide bonds. The average Bonchev–Trinajstić information content (AvgIpc) is 3.07. The molecule has 0 bridgehead atoms. The van der Waals surface area contributed by atoms with Crippen molar-refractivity contribution in [2.45, 2.75) is 46.5 Å². The molecule has 7 nitrogen and oxygen atoms in total. The van der Waals surface area contributed by atoms with Crippen molar-refractivity contribution < 1.29 is 14.5 Å². The van der Waals surface area contributed by atoms with E-state index in [1.54, 1.807) is 6.07 Å². The molecule has 1 aromatic carbocycles. The van der Waals surface area contributed by atoms with Crippen LogP contribution in [-0.4, -0.2) is 23.7 Å². The van der Waals surface area contributed by atoms with E-state index in [9.17, 15) is 14.9 Å². The lowest BCUT2D eigenvalue weighted by Gasteiger charge is -2.33. The van der Waals surface area contributed by atoms with Gasteiger partial charge in [0, 0.05) is 6.07 Å². The quantitative estimate of drug-likeness (QED) is 0.375. The Bertz CT molecular complexity index is 880. The van der Waals surface area contributed by atoms with Crippen molar-refractivity contribution in [3.8, 4) is 5.75 Å². The smallest absolute Gasteiger partial charge is 0.324 e. The van der Waals surface area contributed by atoms with E-state index in [1.807, 2.05) is 24.3 Å². The monoisotopic (exact) mass is 417 g/mol. The second kappa shape index (κ2) is 9.17. The summed E-state index contributed by atoms with van der Waals surface area (Å²) in [6.45, 7) is 11.0. The number of amides is 1. The van der Waals surface area contributed by atoms with Crippen molar-refractivity contribution in [2.24, 2.45) is 10.5 Å². The van der Waals surface area contributed by atoms with Crippen LogP contribution in [0, 0.1) is 15.5 Å². The maximum absolute atomic E-state index is 11.8. The standard InChI is InChI=1S/C21H27N3O4S/c1-20(2,3)14-21(4,5)15-6-8-16(9-7-15)28-13-18(25)23-22-12-17-10-11-19(29-17)24(26)27/h6-12H,13-14H2,1-5H3,(H,23,25). The van der Waals surface area contributed by atoms with Gasteiger partial charge < -0.3 is 4.74 Å². The van der Waals surface area contributed by atoms with Crippen LogP contribution in [-0.2, 0) is 10.2 Å². The third-order valence-corrected chi connectivity index (χ3v) is 5.12. The minimum atomic E-state index is -0.468. The van der Waals surface area contributed by atoms with E-state index < -0.39 is 10.8 Å². The van der Waals surface area contributed by atoms with Crippen molar-refractivity contribution >= 4 is 28.5 Å². The Kier molecular flexibility index (Phi) is 7.13. The maximum atomic E-state index is 11.8. The van der Waals surface area contributed by atoms with Crippen LogP contribution in [0.3, 0.4) is 0 Å². The Hall–Kier alpha value is -2.74. The molecule has 0 atom stereocenters. The average molecular weight is 418 g/mol. The number of thiophene rings is 1. The molecule has 29 heavy (non-hydrogen) atoms. The molecular formula is C21H27N3O4S. The number of benzene rings is 1. The molecule has 0 aliphatic carbocycles. The fraction of sp³-hybridized carbons (Fsp3) is 0.429. The normalized spacial score (nSPS) is 12.2. The Labute approximate surface area is 174 Å². The van der Waals surface area contributed by atoms with Crippen molar-refractivity contribution in [3.63, 3.8) is 0 Å². The van der Waals surface area contributed by atoms with Crippen molar-refractivity contribution in [1.82, 2.24) is 5.43 Å². The summed E-state index contributed by atoms with van der Waals surface area (Å²) in [7, 11) is 0. The van der Waals surface area contributed by atoms with Crippen LogP contribution < -0.4 is 10.2 Å². The third-order valence-electron chi connectivity index (χ3n) is 4.15. The third kappa shape index (κ3) is 7.30. The van der Waals surface area contributed by atoms with Crippen LogP contribution in [0.4, 0.5) is 5.00 Å². The topological polar surface area (TPSA) is 93.8 Å². The van der Waals surface area contributed by atoms with Crippen LogP contribution in [0.1, 0.15) is 51.5 Å². The molecule has 0 radical (unpaired) electrons. The molecule has 0 spiro atoms. The summed E-state index contributed by atoms with van der Waals surface area (Å²) < 4.78 is 5.50. The molecule has 0 fully saturated rings. The number of nitrogens with one attached hydrogen (secondary N) is 1. The van der Waals surface area contributed by atoms with Gasteiger partial charge in [-0.25, -0.2) is 5.43 Å². The lowest BCUT2D eigenvalue weighted by Crippen LogP contribution is -2.25. The van der Waals surface area contributed by atoms with Crippen LogP contribution in [0.5, 0.6) is 5.75 Å². The summed E-state index contributed by atoms with van der Waals surface area (Å²) in [6, 6.07) is 10.7. The van der Waals surface area contributed by atoms with E-state index in [0.29, 0.717) is 10.6 Å². The van der Waals surface area contributed by atoms with Gasteiger partial charge >= 0.3 is 5.00 Å². The van der Waals surface area contributed by atoms with E-state index >= 15 is 0 Å². The molecule has 0 saturated carbocycles. The fourth-order valence-electron chi connectivity index (χ4n) is 3.29. The zero-order chi connectivity index (χ0) is 21.7. The first-order valence-corrected chi connectivity index (χ1v) is 10.1. The molecule has 1 heterocycles. The fourth-order valence-corrected chi connectivity index (χ4v) is 3.98.